The topological polar surface area (TPSA) is 230 Å². The second kappa shape index (κ2) is 11.6. The number of thiazole rings is 1. The molecule has 2 unspecified atom stereocenters. The summed E-state index contributed by atoms with van der Waals surface area (Å²) in [6.07, 6.45) is 3.46. The number of amides is 2. The number of oxime groups is 1. The van der Waals surface area contributed by atoms with Gasteiger partial charge in [0.05, 0.1) is 19.2 Å². The molecule has 6 N–H and O–H groups in total. The van der Waals surface area contributed by atoms with Crippen LogP contribution in [0.1, 0.15) is 31.4 Å². The van der Waals surface area contributed by atoms with Gasteiger partial charge in [-0.25, -0.2) is 14.3 Å². The van der Waals surface area contributed by atoms with Gasteiger partial charge in [-0.15, -0.1) is 23.1 Å². The van der Waals surface area contributed by atoms with Crippen molar-refractivity contribution in [3.05, 3.63) is 23.3 Å². The molecule has 224 valence electrons. The molecule has 15 nitrogen and oxygen atoms in total. The molecule has 3 fully saturated rings. The van der Waals surface area contributed by atoms with Crippen LogP contribution in [-0.4, -0.2) is 84.5 Å². The Hall–Kier alpha value is -3.64. The fourth-order valence-electron chi connectivity index (χ4n) is 4.95. The number of aromatic nitrogens is 3. The van der Waals surface area contributed by atoms with Gasteiger partial charge in [0.15, 0.2) is 10.8 Å². The van der Waals surface area contributed by atoms with Gasteiger partial charge >= 0.3 is 11.1 Å². The number of anilines is 2. The van der Waals surface area contributed by atoms with Crippen molar-refractivity contribution in [3.63, 3.8) is 0 Å². The number of carbonyl (C=O) groups is 4. The Morgan fingerprint density at radius 3 is 2.71 bits per heavy atom. The van der Waals surface area contributed by atoms with E-state index in [0.29, 0.717) is 23.8 Å². The molecule has 2 amide bonds. The number of carboxylic acid groups (broad SMARTS) is 2. The molecule has 2 saturated heterocycles. The summed E-state index contributed by atoms with van der Waals surface area (Å²) in [5.41, 5.74) is 8.35. The molecule has 3 atom stereocenters. The third-order valence-electron chi connectivity index (χ3n) is 7.43. The van der Waals surface area contributed by atoms with Gasteiger partial charge < -0.3 is 41.5 Å². The second-order valence-corrected chi connectivity index (χ2v) is 13.3. The average Bonchev–Trinajstić information content (AvgIpc) is 3.62. The van der Waals surface area contributed by atoms with Gasteiger partial charge in [0.25, 0.3) is 5.91 Å². The smallest absolute Gasteiger partial charge is 0.361 e. The predicted molar refractivity (Wildman–Crippen MR) is 151 cm³/mol. The molecule has 0 spiro atoms. The van der Waals surface area contributed by atoms with Crippen molar-refractivity contribution in [2.24, 2.45) is 17.6 Å². The molecule has 1 saturated carbocycles. The Morgan fingerprint density at radius 1 is 1.33 bits per heavy atom. The molecule has 42 heavy (non-hydrogen) atoms. The lowest BCUT2D eigenvalue weighted by Gasteiger charge is -2.55. The monoisotopic (exact) mass is 636 g/mol. The van der Waals surface area contributed by atoms with Crippen molar-refractivity contribution in [2.75, 3.05) is 29.5 Å². The normalized spacial score (nSPS) is 24.9. The van der Waals surface area contributed by atoms with Gasteiger partial charge in [-0.1, -0.05) is 5.16 Å². The number of thioether (sulfide) groups is 2. The molecule has 3 aliphatic rings. The summed E-state index contributed by atoms with van der Waals surface area (Å²) in [6, 6.07) is 0.654. The summed E-state index contributed by atoms with van der Waals surface area (Å²) in [5.74, 6) is -3.24. The number of carboxylic acids is 2. The van der Waals surface area contributed by atoms with Gasteiger partial charge in [0, 0.05) is 47.8 Å². The number of carbonyl (C=O) groups excluding carboxylic acids is 3. The number of aliphatic carboxylic acids is 2. The lowest BCUT2D eigenvalue weighted by Crippen LogP contribution is -2.75. The second-order valence-electron chi connectivity index (χ2n) is 10.3. The Morgan fingerprint density at radius 2 is 2.07 bits per heavy atom. The first-order valence-corrected chi connectivity index (χ1v) is 15.8. The Bertz CT molecular complexity index is 1460. The van der Waals surface area contributed by atoms with Crippen LogP contribution in [0.4, 0.5) is 10.9 Å². The highest BCUT2D eigenvalue weighted by atomic mass is 32.2. The molecular weight excluding hydrogens is 609 g/mol. The number of β-lactam (4-membered cyclic amide) rings is 1. The van der Waals surface area contributed by atoms with Crippen molar-refractivity contribution in [2.45, 2.75) is 47.9 Å². The van der Waals surface area contributed by atoms with E-state index in [1.165, 1.54) is 33.8 Å². The third-order valence-corrected chi connectivity index (χ3v) is 11.0. The van der Waals surface area contributed by atoms with E-state index in [2.05, 4.69) is 20.4 Å². The minimum absolute atomic E-state index is 0.0739. The lowest BCUT2D eigenvalue weighted by molar-refractivity contribution is -0.713. The first-order valence-electron chi connectivity index (χ1n) is 12.8. The summed E-state index contributed by atoms with van der Waals surface area (Å²) < 4.78 is 1.72. The molecule has 4 heterocycles. The first-order chi connectivity index (χ1) is 19.9. The van der Waals surface area contributed by atoms with Crippen molar-refractivity contribution >= 4 is 75.3 Å². The zero-order valence-corrected chi connectivity index (χ0v) is 24.8. The maximum atomic E-state index is 13.4. The number of nitrogens with zero attached hydrogens (tertiary/aromatic N) is 5. The van der Waals surface area contributed by atoms with Crippen LogP contribution < -0.4 is 26.5 Å². The van der Waals surface area contributed by atoms with Crippen molar-refractivity contribution in [3.8, 4) is 0 Å². The van der Waals surface area contributed by atoms with E-state index in [4.69, 9.17) is 16.3 Å². The number of hydrogen-bond donors (Lipinski definition) is 4. The fourth-order valence-corrected chi connectivity index (χ4v) is 8.31. The number of rotatable bonds is 10. The van der Waals surface area contributed by atoms with E-state index in [0.717, 1.165) is 11.3 Å². The SMILES string of the molecule is C[n+]1ccc(N)nc1SCC1(C(=O)[O-])CS[C@@H]2C(NC(=O)C(=NOC3(C(=O)O)CCCC3)c3csc(N)n3)C(=O)N2C1. The van der Waals surface area contributed by atoms with Crippen LogP contribution in [0.25, 0.3) is 0 Å². The minimum atomic E-state index is -1.56. The molecule has 0 radical (unpaired) electrons. The van der Waals surface area contributed by atoms with Crippen LogP contribution in [0.5, 0.6) is 0 Å². The summed E-state index contributed by atoms with van der Waals surface area (Å²) in [7, 11) is 1.76. The quantitative estimate of drug-likeness (QED) is 0.0586. The Balaban J connectivity index is 1.29. The lowest BCUT2D eigenvalue weighted by atomic mass is 9.89. The van der Waals surface area contributed by atoms with Crippen LogP contribution in [0.2, 0.25) is 0 Å². The summed E-state index contributed by atoms with van der Waals surface area (Å²) in [4.78, 5) is 65.9. The van der Waals surface area contributed by atoms with Crippen molar-refractivity contribution < 1.29 is 38.8 Å². The molecule has 18 heteroatoms. The van der Waals surface area contributed by atoms with Crippen LogP contribution >= 0.6 is 34.9 Å². The zero-order valence-electron chi connectivity index (χ0n) is 22.3. The molecule has 1 aliphatic carbocycles. The number of nitrogen functional groups attached to an aromatic ring is 2. The number of hydrogen-bond acceptors (Lipinski definition) is 14. The first kappa shape index (κ1) is 29.8. The molecule has 2 aliphatic heterocycles. The fraction of sp³-hybridized carbons (Fsp3) is 0.500. The average molecular weight is 637 g/mol. The number of fused-ring (bicyclic) bond motifs is 1. The van der Waals surface area contributed by atoms with E-state index in [9.17, 15) is 29.4 Å². The number of aryl methyl sites for hydroxylation is 1. The van der Waals surface area contributed by atoms with E-state index in [1.807, 2.05) is 0 Å². The van der Waals surface area contributed by atoms with E-state index < -0.39 is 46.2 Å². The molecule has 2 aromatic rings. The minimum Gasteiger partial charge on any atom is -0.549 e. The molecule has 2 aromatic heterocycles. The van der Waals surface area contributed by atoms with E-state index in [-0.39, 0.29) is 47.4 Å². The predicted octanol–water partition coefficient (Wildman–Crippen LogP) is -1.43. The molecule has 5 rings (SSSR count). The Kier molecular flexibility index (Phi) is 8.21. The molecule has 0 aromatic carbocycles. The largest absolute Gasteiger partial charge is 0.549 e. The highest BCUT2D eigenvalue weighted by molar-refractivity contribution is 8.00. The highest BCUT2D eigenvalue weighted by Crippen LogP contribution is 2.44. The van der Waals surface area contributed by atoms with Crippen molar-refractivity contribution in [1.82, 2.24) is 20.2 Å². The third kappa shape index (κ3) is 5.57. The highest BCUT2D eigenvalue weighted by Gasteiger charge is 2.56. The van der Waals surface area contributed by atoms with E-state index in [1.54, 1.807) is 23.9 Å². The zero-order chi connectivity index (χ0) is 30.2. The maximum absolute atomic E-state index is 13.4. The van der Waals surface area contributed by atoms with E-state index >= 15 is 0 Å². The molecular formula is C24H28N8O7S3. The number of nitrogens with two attached hydrogens (primary N) is 2. The van der Waals surface area contributed by atoms with Crippen molar-refractivity contribution in [1.29, 1.82) is 0 Å². The maximum Gasteiger partial charge on any atom is 0.361 e. The summed E-state index contributed by atoms with van der Waals surface area (Å²) in [5, 5.41) is 30.2. The van der Waals surface area contributed by atoms with Gasteiger partial charge in [-0.2, -0.15) is 0 Å². The van der Waals surface area contributed by atoms with Gasteiger partial charge in [0.2, 0.25) is 17.3 Å². The van der Waals surface area contributed by atoms with Gasteiger partial charge in [-0.05, 0) is 29.6 Å². The van der Waals surface area contributed by atoms with Gasteiger partial charge in [-0.3, -0.25) is 9.59 Å². The van der Waals surface area contributed by atoms with Gasteiger partial charge in [0.1, 0.15) is 17.1 Å². The number of nitrogens with one attached hydrogen (secondary N) is 1. The molecule has 0 bridgehead atoms. The summed E-state index contributed by atoms with van der Waals surface area (Å²) >= 11 is 3.47. The van der Waals surface area contributed by atoms with Crippen LogP contribution in [0.3, 0.4) is 0 Å². The Labute approximate surface area is 252 Å². The van der Waals surface area contributed by atoms with Crippen LogP contribution in [0, 0.1) is 5.41 Å². The van der Waals surface area contributed by atoms with Crippen LogP contribution in [-0.2, 0) is 31.1 Å². The standard InChI is InChI=1S/C24H28N8O7S3/c1-31-7-4-13(25)28-22(31)42-11-23(19(35)36)9-32-17(34)15(18(32)41-10-23)29-16(33)14(12-8-40-21(26)27-12)30-39-24(20(37)38)5-2-3-6-24/h4,7-8,15,18,25H,2-3,5-6,9-11H2,1H3,(H5,26,27,29,33,35,36,37,38)/t15?,18-,23?/m1/s1. The van der Waals surface area contributed by atoms with Crippen LogP contribution in [0.15, 0.2) is 28.0 Å². The summed E-state index contributed by atoms with van der Waals surface area (Å²) in [6.45, 7) is -0.106.